The Morgan fingerprint density at radius 1 is 0.857 bits per heavy atom. The van der Waals surface area contributed by atoms with Crippen molar-refractivity contribution in [2.45, 2.75) is 47.6 Å². The summed E-state index contributed by atoms with van der Waals surface area (Å²) in [6.07, 6.45) is 3.47. The summed E-state index contributed by atoms with van der Waals surface area (Å²) in [6, 6.07) is 15.3. The zero-order chi connectivity index (χ0) is 29.1. The molecule has 2 saturated heterocycles. The molecule has 2 aliphatic heterocycles. The van der Waals surface area contributed by atoms with Gasteiger partial charge in [-0.3, -0.25) is 9.89 Å². The van der Waals surface area contributed by atoms with Crippen LogP contribution >= 0.6 is 0 Å². The van der Waals surface area contributed by atoms with E-state index in [4.69, 9.17) is 9.47 Å². The largest absolute Gasteiger partial charge is 0.382 e. The lowest BCUT2D eigenvalue weighted by Gasteiger charge is -2.27. The lowest BCUT2D eigenvalue weighted by atomic mass is 10.0. The van der Waals surface area contributed by atoms with Gasteiger partial charge in [-0.15, -0.1) is 0 Å². The van der Waals surface area contributed by atoms with Gasteiger partial charge in [0.1, 0.15) is 5.82 Å². The first-order chi connectivity index (χ1) is 20.4. The zero-order valence-electron chi connectivity index (χ0n) is 22.9. The van der Waals surface area contributed by atoms with E-state index in [0.29, 0.717) is 54.6 Å². The van der Waals surface area contributed by atoms with E-state index < -0.39 is 21.6 Å². The fraction of sp³-hybridized carbons (Fsp3) is 0.333. The van der Waals surface area contributed by atoms with Crippen LogP contribution in [-0.2, 0) is 19.3 Å². The maximum Gasteiger partial charge on any atom is 0.258 e. The van der Waals surface area contributed by atoms with Gasteiger partial charge < -0.3 is 25.4 Å². The molecule has 6 rings (SSSR count). The number of fused-ring (bicyclic) bond motifs is 1. The van der Waals surface area contributed by atoms with Crippen LogP contribution in [-0.4, -0.2) is 63.0 Å². The van der Waals surface area contributed by atoms with Crippen LogP contribution in [0.3, 0.4) is 0 Å². The van der Waals surface area contributed by atoms with Crippen LogP contribution in [0.5, 0.6) is 0 Å². The Balaban J connectivity index is 1.28. The molecule has 0 saturated carbocycles. The number of benzene rings is 3. The van der Waals surface area contributed by atoms with E-state index in [9.17, 15) is 17.6 Å². The molecule has 4 N–H and O–H groups in total. The van der Waals surface area contributed by atoms with E-state index >= 15 is 0 Å². The molecule has 0 unspecified atom stereocenters. The predicted octanol–water partition coefficient (Wildman–Crippen LogP) is 4.97. The fourth-order valence-electron chi connectivity index (χ4n) is 5.29. The number of ether oxygens (including phenoxy) is 2. The highest BCUT2D eigenvalue weighted by molar-refractivity contribution is 7.91. The van der Waals surface area contributed by atoms with Gasteiger partial charge in [0.05, 0.1) is 20.9 Å². The summed E-state index contributed by atoms with van der Waals surface area (Å²) < 4.78 is 51.1. The molecule has 10 nitrogen and oxygen atoms in total. The van der Waals surface area contributed by atoms with Crippen molar-refractivity contribution in [3.05, 3.63) is 72.0 Å². The van der Waals surface area contributed by atoms with Gasteiger partial charge in [-0.05, 0) is 80.3 Å². The maximum absolute atomic E-state index is 13.8. The normalized spacial score (nSPS) is 16.8. The molecule has 1 aromatic heterocycles. The molecule has 3 aromatic carbocycles. The van der Waals surface area contributed by atoms with Crippen molar-refractivity contribution in [2.24, 2.45) is 0 Å². The summed E-state index contributed by atoms with van der Waals surface area (Å²) in [5.74, 6) is -0.853. The lowest BCUT2D eigenvalue weighted by molar-refractivity contribution is 0.0904. The van der Waals surface area contributed by atoms with E-state index in [-0.39, 0.29) is 21.7 Å². The molecule has 2 aliphatic rings. The standard InChI is InChI=1S/C30H32FN5O5S/c31-19-2-1-3-23(16-19)42(38,39)24-5-7-27-26(18-24)29(36-35-27)34-30(37)25-6-4-22(32-20-8-12-40-13-9-20)17-28(25)33-21-10-14-41-15-11-21/h1-7,16-18,20-21,32-33H,8-15H2,(H2,34,35,36,37). The highest BCUT2D eigenvalue weighted by Gasteiger charge is 2.23. The summed E-state index contributed by atoms with van der Waals surface area (Å²) in [5, 5.41) is 17.4. The number of sulfone groups is 1. The van der Waals surface area contributed by atoms with Gasteiger partial charge in [-0.2, -0.15) is 5.10 Å². The van der Waals surface area contributed by atoms with Crippen molar-refractivity contribution in [1.29, 1.82) is 0 Å². The number of hydrogen-bond donors (Lipinski definition) is 4. The summed E-state index contributed by atoms with van der Waals surface area (Å²) in [5.41, 5.74) is 2.56. The second-order valence-corrected chi connectivity index (χ2v) is 12.5. The summed E-state index contributed by atoms with van der Waals surface area (Å²) in [6.45, 7) is 2.74. The molecule has 0 atom stereocenters. The third-order valence-electron chi connectivity index (χ3n) is 7.62. The molecule has 0 bridgehead atoms. The summed E-state index contributed by atoms with van der Waals surface area (Å²) in [4.78, 5) is 13.4. The number of rotatable bonds is 8. The number of nitrogens with zero attached hydrogens (tertiary/aromatic N) is 1. The second-order valence-electron chi connectivity index (χ2n) is 10.5. The minimum atomic E-state index is -4.00. The van der Waals surface area contributed by atoms with E-state index in [1.54, 1.807) is 12.1 Å². The predicted molar refractivity (Wildman–Crippen MR) is 157 cm³/mol. The SMILES string of the molecule is O=C(Nc1n[nH]c2ccc(S(=O)(=O)c3cccc(F)c3)cc12)c1ccc(NC2CCOCC2)cc1NC1CCOCC1. The van der Waals surface area contributed by atoms with Crippen molar-refractivity contribution in [3.63, 3.8) is 0 Å². The fourth-order valence-corrected chi connectivity index (χ4v) is 6.61. The Morgan fingerprint density at radius 2 is 1.55 bits per heavy atom. The molecular weight excluding hydrogens is 561 g/mol. The first-order valence-electron chi connectivity index (χ1n) is 14.0. The number of aromatic amines is 1. The van der Waals surface area contributed by atoms with Crippen LogP contribution in [0.4, 0.5) is 21.6 Å². The van der Waals surface area contributed by atoms with E-state index in [1.165, 1.54) is 30.3 Å². The van der Waals surface area contributed by atoms with Crippen molar-refractivity contribution >= 4 is 43.8 Å². The topological polar surface area (TPSA) is 134 Å². The minimum Gasteiger partial charge on any atom is -0.382 e. The Hall–Kier alpha value is -4.00. The van der Waals surface area contributed by atoms with Gasteiger partial charge in [0.25, 0.3) is 5.91 Å². The second kappa shape index (κ2) is 12.1. The molecule has 0 aliphatic carbocycles. The molecule has 1 amide bonds. The Labute approximate surface area is 242 Å². The third-order valence-corrected chi connectivity index (χ3v) is 9.37. The zero-order valence-corrected chi connectivity index (χ0v) is 23.7. The number of anilines is 3. The summed E-state index contributed by atoms with van der Waals surface area (Å²) >= 11 is 0. The number of nitrogens with one attached hydrogen (secondary N) is 4. The number of hydrogen-bond acceptors (Lipinski definition) is 8. The van der Waals surface area contributed by atoms with Gasteiger partial charge in [0.2, 0.25) is 9.84 Å². The number of H-pyrrole nitrogens is 1. The summed E-state index contributed by atoms with van der Waals surface area (Å²) in [7, 11) is -4.00. The molecule has 12 heteroatoms. The van der Waals surface area contributed by atoms with Crippen LogP contribution in [0.1, 0.15) is 36.0 Å². The molecule has 42 heavy (non-hydrogen) atoms. The van der Waals surface area contributed by atoms with Gasteiger partial charge in [-0.1, -0.05) is 6.07 Å². The molecular formula is C30H32FN5O5S. The van der Waals surface area contributed by atoms with Gasteiger partial charge in [0, 0.05) is 55.3 Å². The number of aromatic nitrogens is 2. The molecule has 0 radical (unpaired) electrons. The molecule has 3 heterocycles. The Bertz CT molecular complexity index is 1700. The van der Waals surface area contributed by atoms with Gasteiger partial charge in [0.15, 0.2) is 5.82 Å². The number of halogens is 1. The van der Waals surface area contributed by atoms with Crippen LogP contribution in [0.2, 0.25) is 0 Å². The van der Waals surface area contributed by atoms with Crippen molar-refractivity contribution in [2.75, 3.05) is 42.4 Å². The molecule has 0 spiro atoms. The van der Waals surface area contributed by atoms with Crippen LogP contribution in [0, 0.1) is 5.82 Å². The van der Waals surface area contributed by atoms with Crippen LogP contribution in [0.25, 0.3) is 10.9 Å². The smallest absolute Gasteiger partial charge is 0.258 e. The third kappa shape index (κ3) is 6.10. The first kappa shape index (κ1) is 28.1. The van der Waals surface area contributed by atoms with Crippen molar-refractivity contribution in [1.82, 2.24) is 10.2 Å². The van der Waals surface area contributed by atoms with Crippen molar-refractivity contribution < 1.29 is 27.1 Å². The Morgan fingerprint density at radius 3 is 2.26 bits per heavy atom. The van der Waals surface area contributed by atoms with E-state index in [1.807, 2.05) is 12.1 Å². The van der Waals surface area contributed by atoms with Crippen LogP contribution in [0.15, 0.2) is 70.5 Å². The Kier molecular flexibility index (Phi) is 8.09. The first-order valence-corrected chi connectivity index (χ1v) is 15.5. The lowest BCUT2D eigenvalue weighted by Crippen LogP contribution is -2.30. The van der Waals surface area contributed by atoms with Gasteiger partial charge >= 0.3 is 0 Å². The number of amides is 1. The monoisotopic (exact) mass is 593 g/mol. The molecule has 220 valence electrons. The number of carbonyl (C=O) groups excluding carboxylic acids is 1. The minimum absolute atomic E-state index is 0.0390. The molecule has 2 fully saturated rings. The van der Waals surface area contributed by atoms with E-state index in [0.717, 1.165) is 37.4 Å². The van der Waals surface area contributed by atoms with Crippen LogP contribution < -0.4 is 16.0 Å². The average molecular weight is 594 g/mol. The molecule has 4 aromatic rings. The maximum atomic E-state index is 13.8. The van der Waals surface area contributed by atoms with E-state index in [2.05, 4.69) is 26.1 Å². The quantitative estimate of drug-likeness (QED) is 0.225. The van der Waals surface area contributed by atoms with Gasteiger partial charge in [-0.25, -0.2) is 12.8 Å². The highest BCUT2D eigenvalue weighted by Crippen LogP contribution is 2.30. The van der Waals surface area contributed by atoms with Crippen molar-refractivity contribution in [3.8, 4) is 0 Å². The highest BCUT2D eigenvalue weighted by atomic mass is 32.2. The average Bonchev–Trinajstić information content (AvgIpc) is 3.40. The number of carbonyl (C=O) groups is 1.